The number of hydrogen-bond donors (Lipinski definition) is 2. The summed E-state index contributed by atoms with van der Waals surface area (Å²) < 4.78 is 26.6. The molecular formula is C10H12ClN3O4S. The summed E-state index contributed by atoms with van der Waals surface area (Å²) in [7, 11) is -3.79. The van der Waals surface area contributed by atoms with Crippen molar-refractivity contribution in [3.05, 3.63) is 32.8 Å². The average molecular weight is 306 g/mol. The summed E-state index contributed by atoms with van der Waals surface area (Å²) in [4.78, 5) is 10.0. The van der Waals surface area contributed by atoms with E-state index in [-0.39, 0.29) is 27.2 Å². The molecule has 9 heteroatoms. The molecule has 1 saturated heterocycles. The summed E-state index contributed by atoms with van der Waals surface area (Å²) in [5.41, 5.74) is -0.0597. The monoisotopic (exact) mass is 305 g/mol. The number of nitrogens with zero attached hydrogens (tertiary/aromatic N) is 1. The number of benzene rings is 1. The van der Waals surface area contributed by atoms with Crippen LogP contribution in [0.2, 0.25) is 5.02 Å². The first kappa shape index (κ1) is 14.2. The Kier molecular flexibility index (Phi) is 3.77. The van der Waals surface area contributed by atoms with Gasteiger partial charge in [0, 0.05) is 30.8 Å². The molecular weight excluding hydrogens is 294 g/mol. The van der Waals surface area contributed by atoms with Crippen LogP contribution in [0.25, 0.3) is 0 Å². The van der Waals surface area contributed by atoms with Crippen LogP contribution in [0.3, 0.4) is 0 Å². The lowest BCUT2D eigenvalue weighted by atomic mass is 10.2. The number of rotatable bonds is 4. The van der Waals surface area contributed by atoms with Gasteiger partial charge in [-0.05, 0) is 13.0 Å². The Balaban J connectivity index is 2.41. The number of nitrogens with one attached hydrogen (secondary N) is 2. The van der Waals surface area contributed by atoms with E-state index in [9.17, 15) is 18.5 Å². The zero-order valence-corrected chi connectivity index (χ0v) is 11.6. The van der Waals surface area contributed by atoms with E-state index in [1.165, 1.54) is 13.0 Å². The van der Waals surface area contributed by atoms with Gasteiger partial charge in [-0.1, -0.05) is 11.6 Å². The second kappa shape index (κ2) is 5.04. The zero-order valence-electron chi connectivity index (χ0n) is 10.0. The molecule has 7 nitrogen and oxygen atoms in total. The molecule has 0 aliphatic carbocycles. The maximum absolute atomic E-state index is 12.1. The van der Waals surface area contributed by atoms with E-state index in [1.54, 1.807) is 0 Å². The van der Waals surface area contributed by atoms with Gasteiger partial charge < -0.3 is 5.32 Å². The molecule has 104 valence electrons. The van der Waals surface area contributed by atoms with Crippen LogP contribution in [0, 0.1) is 17.0 Å². The van der Waals surface area contributed by atoms with Crippen molar-refractivity contribution >= 4 is 27.3 Å². The minimum Gasteiger partial charge on any atom is -0.313 e. The third-order valence-electron chi connectivity index (χ3n) is 2.90. The SMILES string of the molecule is Cc1c(Cl)cc(S(=O)(=O)NC2CNC2)cc1[N+](=O)[O-]. The summed E-state index contributed by atoms with van der Waals surface area (Å²) in [6, 6.07) is 2.05. The van der Waals surface area contributed by atoms with Crippen molar-refractivity contribution in [2.75, 3.05) is 13.1 Å². The number of halogens is 1. The second-order valence-electron chi connectivity index (χ2n) is 4.28. The van der Waals surface area contributed by atoms with Crippen LogP contribution >= 0.6 is 11.6 Å². The molecule has 0 saturated carbocycles. The molecule has 0 atom stereocenters. The van der Waals surface area contributed by atoms with Crippen molar-refractivity contribution in [2.45, 2.75) is 17.9 Å². The molecule has 0 unspecified atom stereocenters. The molecule has 0 bridgehead atoms. The van der Waals surface area contributed by atoms with Crippen molar-refractivity contribution in [1.82, 2.24) is 10.0 Å². The molecule has 1 aromatic carbocycles. The predicted octanol–water partition coefficient (Wildman–Crippen LogP) is 0.807. The van der Waals surface area contributed by atoms with E-state index in [0.717, 1.165) is 6.07 Å². The zero-order chi connectivity index (χ0) is 14.2. The lowest BCUT2D eigenvalue weighted by Crippen LogP contribution is -2.56. The molecule has 1 aliphatic heterocycles. The summed E-state index contributed by atoms with van der Waals surface area (Å²) >= 11 is 5.84. The Hall–Kier alpha value is -1.22. The second-order valence-corrected chi connectivity index (χ2v) is 6.40. The molecule has 1 heterocycles. The van der Waals surface area contributed by atoms with Crippen molar-refractivity contribution in [3.8, 4) is 0 Å². The van der Waals surface area contributed by atoms with E-state index < -0.39 is 14.9 Å². The van der Waals surface area contributed by atoms with Crippen molar-refractivity contribution < 1.29 is 13.3 Å². The van der Waals surface area contributed by atoms with Gasteiger partial charge >= 0.3 is 0 Å². The maximum atomic E-state index is 12.1. The van der Waals surface area contributed by atoms with Crippen LogP contribution in [0.4, 0.5) is 5.69 Å². The standard InChI is InChI=1S/C10H12ClN3O4S/c1-6-9(11)2-8(3-10(6)14(15)16)19(17,18)13-7-4-12-5-7/h2-3,7,12-13H,4-5H2,1H3. The first-order valence-corrected chi connectivity index (χ1v) is 7.35. The molecule has 0 amide bonds. The summed E-state index contributed by atoms with van der Waals surface area (Å²) in [6.45, 7) is 2.56. The molecule has 1 aliphatic rings. The lowest BCUT2D eigenvalue weighted by molar-refractivity contribution is -0.385. The molecule has 0 spiro atoms. The van der Waals surface area contributed by atoms with E-state index in [2.05, 4.69) is 10.0 Å². The van der Waals surface area contributed by atoms with Gasteiger partial charge in [-0.25, -0.2) is 13.1 Å². The van der Waals surface area contributed by atoms with E-state index >= 15 is 0 Å². The van der Waals surface area contributed by atoms with Crippen molar-refractivity contribution in [2.24, 2.45) is 0 Å². The van der Waals surface area contributed by atoms with Crippen molar-refractivity contribution in [3.63, 3.8) is 0 Å². The smallest absolute Gasteiger partial charge is 0.275 e. The number of nitro groups is 1. The normalized spacial score (nSPS) is 16.1. The third kappa shape index (κ3) is 2.86. The van der Waals surface area contributed by atoms with E-state index in [4.69, 9.17) is 11.6 Å². The van der Waals surface area contributed by atoms with E-state index in [0.29, 0.717) is 13.1 Å². The average Bonchev–Trinajstić information content (AvgIpc) is 2.26. The Labute approximate surface area is 115 Å². The van der Waals surface area contributed by atoms with Gasteiger partial charge in [0.1, 0.15) is 0 Å². The quantitative estimate of drug-likeness (QED) is 0.633. The van der Waals surface area contributed by atoms with Crippen LogP contribution in [-0.2, 0) is 10.0 Å². The Morgan fingerprint density at radius 1 is 1.47 bits per heavy atom. The summed E-state index contributed by atoms with van der Waals surface area (Å²) in [5.74, 6) is 0. The number of nitro benzene ring substituents is 1. The van der Waals surface area contributed by atoms with Gasteiger partial charge in [0.25, 0.3) is 5.69 Å². The van der Waals surface area contributed by atoms with Gasteiger partial charge in [0.2, 0.25) is 10.0 Å². The summed E-state index contributed by atoms with van der Waals surface area (Å²) in [6.07, 6.45) is 0. The molecule has 2 rings (SSSR count). The molecule has 19 heavy (non-hydrogen) atoms. The fourth-order valence-corrected chi connectivity index (χ4v) is 3.20. The molecule has 1 aromatic rings. The highest BCUT2D eigenvalue weighted by Gasteiger charge is 2.27. The lowest BCUT2D eigenvalue weighted by Gasteiger charge is -2.27. The fraction of sp³-hybridized carbons (Fsp3) is 0.400. The highest BCUT2D eigenvalue weighted by molar-refractivity contribution is 7.89. The molecule has 0 radical (unpaired) electrons. The van der Waals surface area contributed by atoms with Crippen LogP contribution in [0.15, 0.2) is 17.0 Å². The van der Waals surface area contributed by atoms with Gasteiger partial charge in [0.15, 0.2) is 0 Å². The number of hydrogen-bond acceptors (Lipinski definition) is 5. The Morgan fingerprint density at radius 2 is 2.11 bits per heavy atom. The number of sulfonamides is 1. The Morgan fingerprint density at radius 3 is 2.58 bits per heavy atom. The van der Waals surface area contributed by atoms with Gasteiger partial charge in [0.05, 0.1) is 14.8 Å². The molecule has 1 fully saturated rings. The largest absolute Gasteiger partial charge is 0.313 e. The van der Waals surface area contributed by atoms with Crippen LogP contribution in [0.5, 0.6) is 0 Å². The van der Waals surface area contributed by atoms with Crippen LogP contribution in [0.1, 0.15) is 5.56 Å². The van der Waals surface area contributed by atoms with Crippen LogP contribution < -0.4 is 10.0 Å². The fourth-order valence-electron chi connectivity index (χ4n) is 1.64. The van der Waals surface area contributed by atoms with E-state index in [1.807, 2.05) is 0 Å². The first-order valence-electron chi connectivity index (χ1n) is 5.49. The van der Waals surface area contributed by atoms with Gasteiger partial charge in [-0.3, -0.25) is 10.1 Å². The third-order valence-corrected chi connectivity index (χ3v) is 4.79. The minimum atomic E-state index is -3.79. The van der Waals surface area contributed by atoms with Gasteiger partial charge in [-0.2, -0.15) is 0 Å². The van der Waals surface area contributed by atoms with Gasteiger partial charge in [-0.15, -0.1) is 0 Å². The molecule has 0 aromatic heterocycles. The highest BCUT2D eigenvalue weighted by Crippen LogP contribution is 2.29. The maximum Gasteiger partial charge on any atom is 0.275 e. The topological polar surface area (TPSA) is 101 Å². The first-order chi connectivity index (χ1) is 8.81. The summed E-state index contributed by atoms with van der Waals surface area (Å²) in [5, 5.41) is 13.8. The Bertz CT molecular complexity index is 628. The minimum absolute atomic E-state index is 0.0568. The van der Waals surface area contributed by atoms with Crippen LogP contribution in [-0.4, -0.2) is 32.5 Å². The van der Waals surface area contributed by atoms with Crippen molar-refractivity contribution in [1.29, 1.82) is 0 Å². The predicted molar refractivity (Wildman–Crippen MR) is 69.8 cm³/mol. The molecule has 2 N–H and O–H groups in total. The highest BCUT2D eigenvalue weighted by atomic mass is 35.5.